The Morgan fingerprint density at radius 2 is 1.71 bits per heavy atom. The van der Waals surface area contributed by atoms with E-state index in [1.54, 1.807) is 7.11 Å². The first-order valence-corrected chi connectivity index (χ1v) is 10.1. The van der Waals surface area contributed by atoms with E-state index >= 15 is 0 Å². The van der Waals surface area contributed by atoms with Gasteiger partial charge in [-0.3, -0.25) is 0 Å². The van der Waals surface area contributed by atoms with Crippen LogP contribution in [0.25, 0.3) is 0 Å². The molecule has 3 saturated carbocycles. The van der Waals surface area contributed by atoms with E-state index in [2.05, 4.69) is 0 Å². The summed E-state index contributed by atoms with van der Waals surface area (Å²) >= 11 is 0. The number of aliphatic hydroxyl groups is 2. The van der Waals surface area contributed by atoms with Crippen LogP contribution in [0, 0.1) is 35.5 Å². The van der Waals surface area contributed by atoms with Gasteiger partial charge in [0.1, 0.15) is 6.79 Å². The van der Waals surface area contributed by atoms with Crippen molar-refractivity contribution < 1.29 is 19.7 Å². The summed E-state index contributed by atoms with van der Waals surface area (Å²) in [6, 6.07) is 0. The van der Waals surface area contributed by atoms with Gasteiger partial charge in [-0.25, -0.2) is 0 Å². The summed E-state index contributed by atoms with van der Waals surface area (Å²) in [5.74, 6) is 4.41. The highest BCUT2D eigenvalue weighted by Gasteiger charge is 2.48. The second kappa shape index (κ2) is 8.98. The van der Waals surface area contributed by atoms with Crippen molar-refractivity contribution in [1.29, 1.82) is 0 Å². The second-order valence-corrected chi connectivity index (χ2v) is 8.39. The highest BCUT2D eigenvalue weighted by Crippen LogP contribution is 2.55. The summed E-state index contributed by atoms with van der Waals surface area (Å²) in [7, 11) is 1.70. The third-order valence-electron chi connectivity index (χ3n) is 7.34. The van der Waals surface area contributed by atoms with Crippen molar-refractivity contribution in [2.24, 2.45) is 35.5 Å². The standard InChI is InChI=1S/C20H36O4/c1-23-13-24-16-6-9-18-14(11-16)4-7-19-17(3-2-10-21)15(12-22)5-8-20(18)19/h14-22H,2-13H2,1H3/t14-,15+,16+,17-,18+,19+,20-/m1/s1. The van der Waals surface area contributed by atoms with Crippen LogP contribution in [0.15, 0.2) is 0 Å². The molecule has 24 heavy (non-hydrogen) atoms. The fourth-order valence-electron chi connectivity index (χ4n) is 6.33. The summed E-state index contributed by atoms with van der Waals surface area (Å²) in [5.41, 5.74) is 0. The van der Waals surface area contributed by atoms with Gasteiger partial charge in [-0.1, -0.05) is 0 Å². The first-order valence-electron chi connectivity index (χ1n) is 10.1. The van der Waals surface area contributed by atoms with Crippen LogP contribution in [-0.4, -0.2) is 43.4 Å². The Morgan fingerprint density at radius 1 is 0.917 bits per heavy atom. The number of fused-ring (bicyclic) bond motifs is 3. The van der Waals surface area contributed by atoms with Gasteiger partial charge in [-0.05, 0) is 93.3 Å². The largest absolute Gasteiger partial charge is 0.396 e. The number of hydrogen-bond donors (Lipinski definition) is 2. The van der Waals surface area contributed by atoms with E-state index in [-0.39, 0.29) is 6.61 Å². The summed E-state index contributed by atoms with van der Waals surface area (Å²) < 4.78 is 10.9. The third-order valence-corrected chi connectivity index (χ3v) is 7.34. The lowest BCUT2D eigenvalue weighted by Gasteiger charge is -2.53. The van der Waals surface area contributed by atoms with E-state index in [4.69, 9.17) is 9.47 Å². The van der Waals surface area contributed by atoms with E-state index in [0.29, 0.717) is 31.3 Å². The molecular weight excluding hydrogens is 304 g/mol. The van der Waals surface area contributed by atoms with Crippen molar-refractivity contribution in [3.05, 3.63) is 0 Å². The molecule has 4 nitrogen and oxygen atoms in total. The Balaban J connectivity index is 1.63. The van der Waals surface area contributed by atoms with Gasteiger partial charge in [0.05, 0.1) is 6.10 Å². The molecule has 140 valence electrons. The lowest BCUT2D eigenvalue weighted by Crippen LogP contribution is -2.47. The molecule has 7 atom stereocenters. The van der Waals surface area contributed by atoms with E-state index in [1.807, 2.05) is 0 Å². The third kappa shape index (κ3) is 3.98. The quantitative estimate of drug-likeness (QED) is 0.699. The Morgan fingerprint density at radius 3 is 2.46 bits per heavy atom. The summed E-state index contributed by atoms with van der Waals surface area (Å²) in [4.78, 5) is 0. The fourth-order valence-corrected chi connectivity index (χ4v) is 6.33. The van der Waals surface area contributed by atoms with Gasteiger partial charge in [-0.15, -0.1) is 0 Å². The maximum Gasteiger partial charge on any atom is 0.146 e. The smallest absolute Gasteiger partial charge is 0.146 e. The molecule has 0 unspecified atom stereocenters. The predicted octanol–water partition coefficient (Wildman–Crippen LogP) is 3.21. The Hall–Kier alpha value is -0.160. The van der Waals surface area contributed by atoms with Gasteiger partial charge >= 0.3 is 0 Å². The molecule has 0 aromatic rings. The van der Waals surface area contributed by atoms with E-state index in [9.17, 15) is 10.2 Å². The van der Waals surface area contributed by atoms with Crippen molar-refractivity contribution in [3.63, 3.8) is 0 Å². The average molecular weight is 341 g/mol. The van der Waals surface area contributed by atoms with Crippen LogP contribution >= 0.6 is 0 Å². The molecule has 3 aliphatic carbocycles. The maximum absolute atomic E-state index is 9.81. The average Bonchev–Trinajstić information content (AvgIpc) is 2.63. The minimum atomic E-state index is 0.288. The monoisotopic (exact) mass is 340 g/mol. The van der Waals surface area contributed by atoms with Gasteiger partial charge in [0, 0.05) is 20.3 Å². The lowest BCUT2D eigenvalue weighted by molar-refractivity contribution is -0.116. The van der Waals surface area contributed by atoms with Crippen LogP contribution in [0.4, 0.5) is 0 Å². The van der Waals surface area contributed by atoms with E-state index < -0.39 is 0 Å². The molecule has 0 heterocycles. The maximum atomic E-state index is 9.81. The van der Waals surface area contributed by atoms with Gasteiger partial charge < -0.3 is 19.7 Å². The first kappa shape index (κ1) is 18.6. The zero-order valence-corrected chi connectivity index (χ0v) is 15.2. The summed E-state index contributed by atoms with van der Waals surface area (Å²) in [6.45, 7) is 1.05. The molecule has 0 aliphatic heterocycles. The molecule has 0 bridgehead atoms. The molecule has 4 heteroatoms. The zero-order valence-electron chi connectivity index (χ0n) is 15.2. The fraction of sp³-hybridized carbons (Fsp3) is 1.00. The molecular formula is C20H36O4. The van der Waals surface area contributed by atoms with Crippen molar-refractivity contribution in [2.75, 3.05) is 27.1 Å². The van der Waals surface area contributed by atoms with Crippen LogP contribution in [0.5, 0.6) is 0 Å². The van der Waals surface area contributed by atoms with E-state index in [1.165, 1.54) is 44.9 Å². The van der Waals surface area contributed by atoms with E-state index in [0.717, 1.165) is 36.5 Å². The molecule has 0 saturated heterocycles. The number of ether oxygens (including phenoxy) is 2. The van der Waals surface area contributed by atoms with Gasteiger partial charge in [0.25, 0.3) is 0 Å². The highest BCUT2D eigenvalue weighted by atomic mass is 16.7. The molecule has 3 rings (SSSR count). The minimum Gasteiger partial charge on any atom is -0.396 e. The normalized spacial score (nSPS) is 42.4. The van der Waals surface area contributed by atoms with Crippen LogP contribution in [0.1, 0.15) is 57.8 Å². The van der Waals surface area contributed by atoms with Crippen molar-refractivity contribution in [2.45, 2.75) is 63.9 Å². The minimum absolute atomic E-state index is 0.288. The topological polar surface area (TPSA) is 58.9 Å². The molecule has 0 spiro atoms. The zero-order chi connectivity index (χ0) is 16.9. The molecule has 2 N–H and O–H groups in total. The molecule has 0 aromatic carbocycles. The molecule has 0 radical (unpaired) electrons. The van der Waals surface area contributed by atoms with Crippen LogP contribution in [-0.2, 0) is 9.47 Å². The summed E-state index contributed by atoms with van der Waals surface area (Å²) in [6.07, 6.45) is 11.2. The number of methoxy groups -OCH3 is 1. The number of rotatable bonds is 7. The van der Waals surface area contributed by atoms with Crippen molar-refractivity contribution in [1.82, 2.24) is 0 Å². The van der Waals surface area contributed by atoms with Gasteiger partial charge in [0.2, 0.25) is 0 Å². The SMILES string of the molecule is COCO[C@H]1CC[C@H]2[C@H](CC[C@@H]3[C@@H]2CC[C@@H](CO)[C@H]3CCCO)C1. The van der Waals surface area contributed by atoms with Crippen molar-refractivity contribution >= 4 is 0 Å². The Labute approximate surface area is 146 Å². The number of hydrogen-bond acceptors (Lipinski definition) is 4. The predicted molar refractivity (Wildman–Crippen MR) is 93.4 cm³/mol. The molecule has 3 fully saturated rings. The van der Waals surface area contributed by atoms with Crippen molar-refractivity contribution in [3.8, 4) is 0 Å². The van der Waals surface area contributed by atoms with Crippen LogP contribution in [0.2, 0.25) is 0 Å². The molecule has 0 aromatic heterocycles. The Bertz CT molecular complexity index is 375. The molecule has 3 aliphatic rings. The lowest BCUT2D eigenvalue weighted by atomic mass is 9.52. The first-order chi connectivity index (χ1) is 11.8. The van der Waals surface area contributed by atoms with Crippen LogP contribution < -0.4 is 0 Å². The molecule has 0 amide bonds. The Kier molecular flexibility index (Phi) is 6.97. The van der Waals surface area contributed by atoms with Gasteiger partial charge in [0.15, 0.2) is 0 Å². The second-order valence-electron chi connectivity index (χ2n) is 8.39. The highest BCUT2D eigenvalue weighted by molar-refractivity contribution is 4.97. The van der Waals surface area contributed by atoms with Gasteiger partial charge in [-0.2, -0.15) is 0 Å². The van der Waals surface area contributed by atoms with Crippen LogP contribution in [0.3, 0.4) is 0 Å². The number of aliphatic hydroxyl groups excluding tert-OH is 2. The summed E-state index contributed by atoms with van der Waals surface area (Å²) in [5, 5.41) is 19.1.